The lowest BCUT2D eigenvalue weighted by molar-refractivity contribution is -0.113. The summed E-state index contributed by atoms with van der Waals surface area (Å²) < 4.78 is 31.2. The number of hydrogen-bond acceptors (Lipinski definition) is 12. The number of methoxy groups -OCH3 is 1. The van der Waals surface area contributed by atoms with Crippen molar-refractivity contribution in [3.63, 3.8) is 0 Å². The van der Waals surface area contributed by atoms with Crippen LogP contribution in [0.3, 0.4) is 0 Å². The van der Waals surface area contributed by atoms with E-state index in [0.29, 0.717) is 11.6 Å². The molecule has 0 aliphatic rings. The maximum atomic E-state index is 12.0. The van der Waals surface area contributed by atoms with E-state index in [1.807, 2.05) is 0 Å². The van der Waals surface area contributed by atoms with Gasteiger partial charge in [0.05, 0.1) is 24.7 Å². The molecule has 2 rings (SSSR count). The van der Waals surface area contributed by atoms with E-state index in [4.69, 9.17) is 30.9 Å². The Balaban J connectivity index is 0.000000347. The molecule has 32 heavy (non-hydrogen) atoms. The second-order valence-electron chi connectivity index (χ2n) is 6.49. The molecule has 14 heteroatoms. The van der Waals surface area contributed by atoms with Crippen molar-refractivity contribution >= 4 is 21.5 Å². The number of ether oxygens (including phenoxy) is 1. The molecule has 0 saturated carbocycles. The molecule has 0 fully saturated rings. The molecule has 0 amide bonds. The molecule has 0 unspecified atom stereocenters. The SMILES string of the molecule is CNC[C@H](O)[C@@H](O)[C@H](O)[C@H](O)CO.COc1ccc(NS(=O)(=O)c2ccc(N)cc2)nn1. The molecule has 1 aromatic heterocycles. The van der Waals surface area contributed by atoms with Crippen LogP contribution < -0.4 is 20.5 Å². The fraction of sp³-hybridized carbons (Fsp3) is 0.444. The molecule has 0 radical (unpaired) electrons. The molecule has 0 saturated heterocycles. The van der Waals surface area contributed by atoms with Crippen LogP contribution in [0.2, 0.25) is 0 Å². The highest BCUT2D eigenvalue weighted by Crippen LogP contribution is 2.16. The third-order valence-corrected chi connectivity index (χ3v) is 5.39. The molecule has 1 aromatic carbocycles. The molecule has 2 aromatic rings. The molecule has 0 spiro atoms. The Morgan fingerprint density at radius 3 is 2.06 bits per heavy atom. The fourth-order valence-electron chi connectivity index (χ4n) is 2.22. The first kappa shape index (κ1) is 27.4. The van der Waals surface area contributed by atoms with Gasteiger partial charge in [-0.2, -0.15) is 0 Å². The predicted molar refractivity (Wildman–Crippen MR) is 115 cm³/mol. The molecule has 13 nitrogen and oxygen atoms in total. The number of nitrogens with one attached hydrogen (secondary N) is 2. The number of anilines is 2. The normalized spacial score (nSPS) is 15.0. The quantitative estimate of drug-likeness (QED) is 0.167. The number of aliphatic hydroxyl groups is 5. The van der Waals surface area contributed by atoms with Gasteiger partial charge in [-0.05, 0) is 37.4 Å². The molecule has 180 valence electrons. The van der Waals surface area contributed by atoms with Gasteiger partial charge in [0.1, 0.15) is 18.3 Å². The second kappa shape index (κ2) is 13.1. The number of nitrogens with two attached hydrogens (primary N) is 1. The van der Waals surface area contributed by atoms with E-state index < -0.39 is 41.0 Å². The Morgan fingerprint density at radius 1 is 1.00 bits per heavy atom. The summed E-state index contributed by atoms with van der Waals surface area (Å²) in [6.45, 7) is -0.569. The maximum absolute atomic E-state index is 12.0. The van der Waals surface area contributed by atoms with Crippen molar-refractivity contribution in [2.24, 2.45) is 0 Å². The Labute approximate surface area is 185 Å². The molecule has 0 aliphatic heterocycles. The topological polar surface area (TPSA) is 220 Å². The smallest absolute Gasteiger partial charge is 0.263 e. The standard InChI is InChI=1S/C11H12N4O3S.C7H17NO5/c1-18-11-7-6-10(13-14-11)15-19(16,17)9-4-2-8(12)3-5-9;1-8-2-4(10)6(12)7(13)5(11)3-9/h2-7H,12H2,1H3,(H,13,15);4-13H,2-3H2,1H3/t;4-,5+,6+,7+/m.0/s1. The maximum Gasteiger partial charge on any atom is 0.263 e. The van der Waals surface area contributed by atoms with Gasteiger partial charge in [0.2, 0.25) is 5.88 Å². The van der Waals surface area contributed by atoms with E-state index in [0.717, 1.165) is 0 Å². The van der Waals surface area contributed by atoms with Crippen LogP contribution in [0.4, 0.5) is 11.5 Å². The summed E-state index contributed by atoms with van der Waals surface area (Å²) in [5.41, 5.74) is 5.99. The van der Waals surface area contributed by atoms with Gasteiger partial charge in [0, 0.05) is 18.3 Å². The first-order valence-electron chi connectivity index (χ1n) is 9.29. The Morgan fingerprint density at radius 2 is 1.59 bits per heavy atom. The van der Waals surface area contributed by atoms with Crippen molar-refractivity contribution < 1.29 is 38.7 Å². The van der Waals surface area contributed by atoms with E-state index in [-0.39, 0.29) is 17.3 Å². The number of likely N-dealkylation sites (N-methyl/N-ethyl adjacent to an activating group) is 1. The van der Waals surface area contributed by atoms with Gasteiger partial charge < -0.3 is 41.3 Å². The number of nitrogen functional groups attached to an aromatic ring is 1. The van der Waals surface area contributed by atoms with E-state index in [2.05, 4.69) is 20.2 Å². The Bertz CT molecular complexity index is 899. The summed E-state index contributed by atoms with van der Waals surface area (Å²) in [4.78, 5) is 0.0966. The molecular weight excluding hydrogens is 446 g/mol. The van der Waals surface area contributed by atoms with Gasteiger partial charge in [-0.3, -0.25) is 4.72 Å². The Hall–Kier alpha value is -2.59. The lowest BCUT2D eigenvalue weighted by Gasteiger charge is -2.25. The number of benzene rings is 1. The van der Waals surface area contributed by atoms with Crippen LogP contribution in [-0.4, -0.2) is 95.9 Å². The average molecular weight is 476 g/mol. The number of hydrogen-bond donors (Lipinski definition) is 8. The Kier molecular flexibility index (Phi) is 11.2. The zero-order valence-corrected chi connectivity index (χ0v) is 18.3. The van der Waals surface area contributed by atoms with Gasteiger partial charge >= 0.3 is 0 Å². The summed E-state index contributed by atoms with van der Waals surface area (Å²) in [5, 5.41) is 54.8. The highest BCUT2D eigenvalue weighted by molar-refractivity contribution is 7.92. The van der Waals surface area contributed by atoms with Crippen molar-refractivity contribution in [3.8, 4) is 5.88 Å². The van der Waals surface area contributed by atoms with Crippen LogP contribution in [-0.2, 0) is 10.0 Å². The summed E-state index contributed by atoms with van der Waals surface area (Å²) in [6.07, 6.45) is -5.65. The molecule has 9 N–H and O–H groups in total. The summed E-state index contributed by atoms with van der Waals surface area (Å²) in [6, 6.07) is 8.81. The second-order valence-corrected chi connectivity index (χ2v) is 8.17. The summed E-state index contributed by atoms with van der Waals surface area (Å²) in [7, 11) is -0.678. The van der Waals surface area contributed by atoms with Crippen molar-refractivity contribution in [1.82, 2.24) is 15.5 Å². The highest BCUT2D eigenvalue weighted by atomic mass is 32.2. The molecule has 1 heterocycles. The first-order valence-corrected chi connectivity index (χ1v) is 10.8. The lowest BCUT2D eigenvalue weighted by atomic mass is 10.0. The van der Waals surface area contributed by atoms with Gasteiger partial charge in [0.15, 0.2) is 5.82 Å². The van der Waals surface area contributed by atoms with E-state index in [9.17, 15) is 13.5 Å². The lowest BCUT2D eigenvalue weighted by Crippen LogP contribution is -2.48. The van der Waals surface area contributed by atoms with Crippen LogP contribution in [0.15, 0.2) is 41.3 Å². The predicted octanol–water partition coefficient (Wildman–Crippen LogP) is -2.49. The number of sulfonamides is 1. The van der Waals surface area contributed by atoms with Gasteiger partial charge in [-0.15, -0.1) is 10.2 Å². The van der Waals surface area contributed by atoms with Crippen LogP contribution >= 0.6 is 0 Å². The first-order chi connectivity index (χ1) is 15.0. The fourth-order valence-corrected chi connectivity index (χ4v) is 3.22. The number of aromatic nitrogens is 2. The van der Waals surface area contributed by atoms with Crippen molar-refractivity contribution in [1.29, 1.82) is 0 Å². The highest BCUT2D eigenvalue weighted by Gasteiger charge is 2.29. The minimum Gasteiger partial charge on any atom is -0.480 e. The summed E-state index contributed by atoms with van der Waals surface area (Å²) >= 11 is 0. The molecular formula is C18H29N5O8S. The molecule has 0 bridgehead atoms. The number of nitrogens with zero attached hydrogens (tertiary/aromatic N) is 2. The van der Waals surface area contributed by atoms with Crippen LogP contribution in [0.25, 0.3) is 0 Å². The minimum atomic E-state index is -3.70. The van der Waals surface area contributed by atoms with Gasteiger partial charge in [-0.1, -0.05) is 0 Å². The number of aliphatic hydroxyl groups excluding tert-OH is 5. The van der Waals surface area contributed by atoms with Crippen molar-refractivity contribution in [2.45, 2.75) is 29.3 Å². The molecule has 4 atom stereocenters. The van der Waals surface area contributed by atoms with Gasteiger partial charge in [0.25, 0.3) is 10.0 Å². The largest absolute Gasteiger partial charge is 0.480 e. The third kappa shape index (κ3) is 8.51. The van der Waals surface area contributed by atoms with Crippen molar-refractivity contribution in [2.75, 3.05) is 37.8 Å². The zero-order chi connectivity index (χ0) is 24.3. The van der Waals surface area contributed by atoms with Crippen LogP contribution in [0, 0.1) is 0 Å². The number of rotatable bonds is 10. The van der Waals surface area contributed by atoms with E-state index in [1.165, 1.54) is 43.5 Å². The van der Waals surface area contributed by atoms with Crippen molar-refractivity contribution in [3.05, 3.63) is 36.4 Å². The third-order valence-electron chi connectivity index (χ3n) is 4.02. The zero-order valence-electron chi connectivity index (χ0n) is 17.5. The minimum absolute atomic E-state index is 0.0936. The van der Waals surface area contributed by atoms with Crippen LogP contribution in [0.5, 0.6) is 5.88 Å². The van der Waals surface area contributed by atoms with Crippen LogP contribution in [0.1, 0.15) is 0 Å². The summed E-state index contributed by atoms with van der Waals surface area (Å²) in [5.74, 6) is 0.410. The monoisotopic (exact) mass is 475 g/mol. The van der Waals surface area contributed by atoms with E-state index >= 15 is 0 Å². The van der Waals surface area contributed by atoms with Gasteiger partial charge in [-0.25, -0.2) is 8.42 Å². The molecule has 0 aliphatic carbocycles. The van der Waals surface area contributed by atoms with E-state index in [1.54, 1.807) is 7.05 Å². The average Bonchev–Trinajstić information content (AvgIpc) is 2.78.